The van der Waals surface area contributed by atoms with Gasteiger partial charge >= 0.3 is 36.0 Å². The Kier molecular flexibility index (Phi) is 33.2. The molecule has 0 radical (unpaired) electrons. The highest BCUT2D eigenvalue weighted by Crippen LogP contribution is 2.44. The first-order valence-electron chi connectivity index (χ1n) is 41.2. The molecule has 6 fully saturated rings. The van der Waals surface area contributed by atoms with Crippen LogP contribution in [0.1, 0.15) is 153 Å². The van der Waals surface area contributed by atoms with Crippen LogP contribution in [-0.4, -0.2) is 263 Å². The maximum atomic E-state index is 14.6. The SMILES string of the molecule is C.CC(C)(C)N1CC2C(C(N)=O)CCCN2C1=O.CCOC(=O)C1=C(CBr)NC(c2nccs2)=N[C@H]1c1cccc(F)c1Cl.CCOC(=O)C1=C(CN2CCN3C(=O)N(C(C)(C)C)C[C@@H]3[C@H]2C(N)=O)NC(c2nccs2)=N[C@H]1c1cccc(F)c1Cl.CCOC(=O)C1=C(CN2CCN3C(=O)N(C(C)(C)C)C[C@H]3[C@@H]2C(N)=O)NC(c2nccs2)=N[C@H]1c1cccc(F)c1Cl.[CH3-]. The maximum Gasteiger partial charge on any atom is 0.338 e. The number of aliphatic imine (C=N–C) groups is 3. The van der Waals surface area contributed by atoms with Gasteiger partial charge in [-0.2, -0.15) is 0 Å². The Balaban J connectivity index is 0.000000187. The second-order valence-electron chi connectivity index (χ2n) is 33.7. The van der Waals surface area contributed by atoms with Crippen LogP contribution in [0.5, 0.6) is 0 Å². The molecule has 0 saturated carbocycles. The Labute approximate surface area is 783 Å². The number of halogens is 7. The smallest absolute Gasteiger partial charge is 0.338 e. The van der Waals surface area contributed by atoms with Gasteiger partial charge in [-0.25, -0.2) is 56.9 Å². The van der Waals surface area contributed by atoms with Gasteiger partial charge in [0.1, 0.15) is 47.7 Å². The van der Waals surface area contributed by atoms with Crippen LogP contribution < -0.4 is 33.2 Å². The fourth-order valence-corrected chi connectivity index (χ4v) is 19.7. The van der Waals surface area contributed by atoms with E-state index in [9.17, 15) is 56.3 Å². The Morgan fingerprint density at radius 1 is 0.481 bits per heavy atom. The average Bonchev–Trinajstić information content (AvgIpc) is 1.73. The fourth-order valence-electron chi connectivity index (χ4n) is 16.8. The van der Waals surface area contributed by atoms with Crippen molar-refractivity contribution in [2.45, 2.75) is 168 Å². The summed E-state index contributed by atoms with van der Waals surface area (Å²) in [5, 5.41) is 16.7. The number of amides is 9. The third kappa shape index (κ3) is 21.7. The molecule has 696 valence electrons. The second-order valence-corrected chi connectivity index (χ2v) is 38.1. The zero-order valence-corrected chi connectivity index (χ0v) is 79.2. The zero-order chi connectivity index (χ0) is 92.2. The molecule has 0 spiro atoms. The summed E-state index contributed by atoms with van der Waals surface area (Å²) in [7, 11) is 0. The normalized spacial score (nSPS) is 22.3. The topological polar surface area (TPSA) is 397 Å². The van der Waals surface area contributed by atoms with Gasteiger partial charge in [-0.1, -0.05) is 94.6 Å². The number of hydrogen-bond acceptors (Lipinski definition) is 26. The van der Waals surface area contributed by atoms with Gasteiger partial charge in [0.05, 0.1) is 75.7 Å². The molecule has 9 N–H and O–H groups in total. The molecule has 0 bridgehead atoms. The summed E-state index contributed by atoms with van der Waals surface area (Å²) < 4.78 is 59.3. The molecule has 0 aliphatic carbocycles. The lowest BCUT2D eigenvalue weighted by molar-refractivity contribution is -0.140. The molecule has 12 heterocycles. The summed E-state index contributed by atoms with van der Waals surface area (Å²) in [4.78, 5) is 157. The van der Waals surface area contributed by atoms with Crippen LogP contribution >= 0.6 is 84.7 Å². The molecule has 129 heavy (non-hydrogen) atoms. The molecule has 3 aromatic heterocycles. The number of carbonyl (C=O) groups excluding carboxylic acids is 9. The van der Waals surface area contributed by atoms with Crippen LogP contribution in [0.15, 0.2) is 138 Å². The standard InChI is InChI=1S/2C28H33ClFN7O4S.C17H14BrClFN3O2S.C12H21N3O2.CH4.CH3/c2*1-5-41-26(39)19-17(13-35-10-11-36-18(22(35)23(31)38)14-37(27(36)40)28(2,3)4)33-24(25-32-9-12-42-25)34-21(19)15-7-6-8-16(30)20(15)29;1-2-25-17(24)12-11(8-18)22-15(16-21-6-7-26-16)23-14(12)9-4-3-5-10(20)13(9)19;1-12(2,3)15-7-9-8(10(13)16)5-4-6-14(9)11(15)17;;/h2*6-9,12,18,21-22H,5,10-11,13-14H2,1-4H3,(H2,31,38)(H,33,34);3-7,14H,2,8H2,1H3,(H,22,23);8-9H,4-7H2,1-3H3,(H2,13,16);1H4;1H3/q;;;;;-1/t18-,21+,22+;18-,21-,22+;14-;;;/m100.../s1. The first-order valence-corrected chi connectivity index (χ1v) is 46.0. The first kappa shape index (κ1) is 101. The lowest BCUT2D eigenvalue weighted by Gasteiger charge is -2.43. The highest BCUT2D eigenvalue weighted by atomic mass is 79.9. The van der Waals surface area contributed by atoms with Crippen molar-refractivity contribution in [2.75, 3.05) is 90.6 Å². The van der Waals surface area contributed by atoms with Gasteiger partial charge in [0.2, 0.25) is 17.7 Å². The van der Waals surface area contributed by atoms with Gasteiger partial charge in [0, 0.05) is 156 Å². The number of alkyl halides is 1. The van der Waals surface area contributed by atoms with E-state index < -0.39 is 101 Å². The Bertz CT molecular complexity index is 5160. The van der Waals surface area contributed by atoms with E-state index in [0.717, 1.165) is 19.4 Å². The summed E-state index contributed by atoms with van der Waals surface area (Å²) in [6, 6.07) is 7.44. The number of nitrogens with zero attached hydrogens (tertiary/aromatic N) is 14. The lowest BCUT2D eigenvalue weighted by Crippen LogP contribution is -2.64. The number of allylic oxidation sites excluding steroid dienone is 1. The van der Waals surface area contributed by atoms with Gasteiger partial charge in [-0.05, 0) is 114 Å². The Morgan fingerprint density at radius 3 is 1.08 bits per heavy atom. The number of thiazole rings is 3. The van der Waals surface area contributed by atoms with Gasteiger partial charge in [0.25, 0.3) is 0 Å². The molecule has 15 rings (SSSR count). The van der Waals surface area contributed by atoms with E-state index in [2.05, 4.69) is 51.8 Å². The zero-order valence-electron chi connectivity index (χ0n) is 72.9. The summed E-state index contributed by atoms with van der Waals surface area (Å²) in [6.07, 6.45) is 6.58. The summed E-state index contributed by atoms with van der Waals surface area (Å²) in [5.74, 6) is -4.11. The number of carbonyl (C=O) groups is 9. The largest absolute Gasteiger partial charge is 0.463 e. The molecule has 2 unspecified atom stereocenters. The van der Waals surface area contributed by atoms with E-state index >= 15 is 0 Å². The number of amidine groups is 3. The minimum atomic E-state index is -1.01. The highest BCUT2D eigenvalue weighted by Gasteiger charge is 2.55. The summed E-state index contributed by atoms with van der Waals surface area (Å²) in [5.41, 5.74) is 19.2. The Morgan fingerprint density at radius 2 is 0.791 bits per heavy atom. The van der Waals surface area contributed by atoms with Gasteiger partial charge in [0.15, 0.2) is 32.5 Å². The molecule has 3 aromatic carbocycles. The highest BCUT2D eigenvalue weighted by molar-refractivity contribution is 9.09. The number of fused-ring (bicyclic) bond motifs is 3. The molecule has 9 atom stereocenters. The van der Waals surface area contributed by atoms with Crippen LogP contribution in [-0.2, 0) is 43.0 Å². The maximum absolute atomic E-state index is 14.6. The van der Waals surface area contributed by atoms with Gasteiger partial charge < -0.3 is 84.2 Å². The number of rotatable bonds is 20. The number of piperazine rings is 2. The predicted octanol–water partition coefficient (Wildman–Crippen LogP) is 11.9. The number of urea groups is 3. The molecule has 9 aliphatic rings. The summed E-state index contributed by atoms with van der Waals surface area (Å²) >= 11 is 26.5. The van der Waals surface area contributed by atoms with Crippen LogP contribution in [0, 0.1) is 30.8 Å². The van der Waals surface area contributed by atoms with E-state index in [1.807, 2.05) is 87.3 Å². The van der Waals surface area contributed by atoms with E-state index in [4.69, 9.17) is 76.2 Å². The number of ether oxygens (including phenoxy) is 3. The third-order valence-corrected chi connectivity index (χ3v) is 26.8. The van der Waals surface area contributed by atoms with Crippen molar-refractivity contribution in [3.05, 3.63) is 195 Å². The van der Waals surface area contributed by atoms with E-state index in [1.165, 1.54) is 70.4 Å². The minimum absolute atomic E-state index is 0. The molecule has 32 nitrogen and oxygen atoms in total. The van der Waals surface area contributed by atoms with Crippen molar-refractivity contribution in [1.29, 1.82) is 0 Å². The van der Waals surface area contributed by atoms with Crippen molar-refractivity contribution in [3.8, 4) is 0 Å². The van der Waals surface area contributed by atoms with Crippen LogP contribution in [0.25, 0.3) is 0 Å². The molecule has 9 aliphatic heterocycles. The van der Waals surface area contributed by atoms with Crippen molar-refractivity contribution < 1.29 is 70.5 Å². The molecular formula is C87H108BrCl3F3N20O12S3-. The van der Waals surface area contributed by atoms with Crippen molar-refractivity contribution in [2.24, 2.45) is 38.1 Å². The number of aromatic nitrogens is 3. The van der Waals surface area contributed by atoms with Crippen LogP contribution in [0.3, 0.4) is 0 Å². The fraction of sp³-hybridized carbons (Fsp3) is 0.471. The van der Waals surface area contributed by atoms with Crippen molar-refractivity contribution in [3.63, 3.8) is 0 Å². The van der Waals surface area contributed by atoms with Crippen molar-refractivity contribution >= 4 is 156 Å². The third-order valence-electron chi connectivity index (χ3n) is 22.7. The minimum Gasteiger partial charge on any atom is -0.463 e. The first-order chi connectivity index (χ1) is 60.2. The van der Waals surface area contributed by atoms with Gasteiger partial charge in [-0.3, -0.25) is 39.2 Å². The molecule has 42 heteroatoms. The monoisotopic (exact) mass is 1960 g/mol. The number of esters is 3. The molecular weight excluding hydrogens is 1860 g/mol. The van der Waals surface area contributed by atoms with Crippen LogP contribution in [0.4, 0.5) is 27.6 Å². The number of nitrogens with one attached hydrogen (secondary N) is 3. The summed E-state index contributed by atoms with van der Waals surface area (Å²) in [6.45, 7) is 26.8. The van der Waals surface area contributed by atoms with E-state index in [-0.39, 0.29) is 132 Å². The molecule has 6 saturated heterocycles. The lowest BCUT2D eigenvalue weighted by atomic mass is 9.89. The predicted molar refractivity (Wildman–Crippen MR) is 494 cm³/mol. The van der Waals surface area contributed by atoms with Crippen LogP contribution in [0.2, 0.25) is 15.1 Å². The average molecular weight is 1970 g/mol. The number of nitrogens with two attached hydrogens (primary N) is 3. The van der Waals surface area contributed by atoms with E-state index in [1.54, 1.807) is 87.9 Å². The Hall–Kier alpha value is -10.1. The second kappa shape index (κ2) is 42.4. The number of hydrogen-bond donors (Lipinski definition) is 6. The van der Waals surface area contributed by atoms with Crippen molar-refractivity contribution in [1.82, 2.24) is 70.1 Å². The van der Waals surface area contributed by atoms with E-state index in [0.29, 0.717) is 106 Å². The number of benzene rings is 3. The quantitative estimate of drug-likeness (QED) is 0.0179. The number of piperidine rings is 1. The number of primary amides is 3. The van der Waals surface area contributed by atoms with Gasteiger partial charge in [-0.15, -0.1) is 34.0 Å². The molecule has 9 amide bonds. The molecule has 6 aromatic rings.